The number of anilines is 1. The van der Waals surface area contributed by atoms with Gasteiger partial charge < -0.3 is 9.64 Å². The highest BCUT2D eigenvalue weighted by atomic mass is 32.2. The Kier molecular flexibility index (Phi) is 5.84. The van der Waals surface area contributed by atoms with Gasteiger partial charge in [-0.05, 0) is 53.6 Å². The maximum atomic E-state index is 6.21. The van der Waals surface area contributed by atoms with Crippen molar-refractivity contribution in [2.75, 3.05) is 31.3 Å². The van der Waals surface area contributed by atoms with E-state index in [0.29, 0.717) is 0 Å². The minimum Gasteiger partial charge on any atom is -0.378 e. The highest BCUT2D eigenvalue weighted by Crippen LogP contribution is 2.27. The minimum absolute atomic E-state index is 0.0767. The van der Waals surface area contributed by atoms with E-state index in [4.69, 9.17) is 4.74 Å². The van der Waals surface area contributed by atoms with Crippen LogP contribution in [-0.2, 0) is 4.74 Å². The molecule has 4 rings (SSSR count). The van der Waals surface area contributed by atoms with Gasteiger partial charge >= 0.3 is 0 Å². The first-order chi connectivity index (χ1) is 14.0. The van der Waals surface area contributed by atoms with Crippen LogP contribution in [0.1, 0.15) is 22.9 Å². The fraction of sp³-hybridized carbons (Fsp3) is 0.381. The van der Waals surface area contributed by atoms with Crippen molar-refractivity contribution in [3.8, 4) is 5.69 Å². The summed E-state index contributed by atoms with van der Waals surface area (Å²) in [5.74, 6) is 0.782. The fourth-order valence-corrected chi connectivity index (χ4v) is 4.28. The summed E-state index contributed by atoms with van der Waals surface area (Å²) in [6, 6.07) is 14.7. The number of thioether (sulfide) groups is 1. The largest absolute Gasteiger partial charge is 0.378 e. The van der Waals surface area contributed by atoms with Crippen molar-refractivity contribution in [2.45, 2.75) is 31.3 Å². The molecule has 0 radical (unpaired) electrons. The maximum absolute atomic E-state index is 6.21. The molecule has 0 spiro atoms. The van der Waals surface area contributed by atoms with Crippen LogP contribution in [0.5, 0.6) is 0 Å². The molecule has 2 heterocycles. The van der Waals surface area contributed by atoms with Gasteiger partial charge in [0.2, 0.25) is 5.16 Å². The molecular formula is C21H26N6OS. The number of nitrogens with zero attached hydrogens (tertiary/aromatic N) is 5. The molecule has 0 amide bonds. The first kappa shape index (κ1) is 19.9. The number of aromatic nitrogens is 4. The monoisotopic (exact) mass is 410 g/mol. The summed E-state index contributed by atoms with van der Waals surface area (Å²) in [6.45, 7) is 4.97. The molecule has 0 bridgehead atoms. The normalized spacial score (nSPS) is 18.9. The molecule has 0 unspecified atom stereocenters. The van der Waals surface area contributed by atoms with Crippen LogP contribution < -0.4 is 10.2 Å². The molecule has 0 saturated carbocycles. The van der Waals surface area contributed by atoms with Gasteiger partial charge in [-0.1, -0.05) is 41.6 Å². The highest BCUT2D eigenvalue weighted by Gasteiger charge is 2.26. The van der Waals surface area contributed by atoms with E-state index in [9.17, 15) is 0 Å². The number of tetrazole rings is 1. The molecule has 1 N–H and O–H groups in total. The molecule has 29 heavy (non-hydrogen) atoms. The van der Waals surface area contributed by atoms with E-state index in [1.807, 2.05) is 14.1 Å². The van der Waals surface area contributed by atoms with Crippen LogP contribution in [0, 0.1) is 13.8 Å². The fourth-order valence-electron chi connectivity index (χ4n) is 3.40. The van der Waals surface area contributed by atoms with Crippen LogP contribution in [0.15, 0.2) is 47.6 Å². The van der Waals surface area contributed by atoms with Crippen LogP contribution in [0.4, 0.5) is 5.69 Å². The lowest BCUT2D eigenvalue weighted by Crippen LogP contribution is -2.17. The molecule has 1 aliphatic heterocycles. The van der Waals surface area contributed by atoms with Crippen molar-refractivity contribution >= 4 is 17.4 Å². The van der Waals surface area contributed by atoms with E-state index < -0.39 is 0 Å². The van der Waals surface area contributed by atoms with Crippen molar-refractivity contribution in [2.24, 2.45) is 0 Å². The van der Waals surface area contributed by atoms with Gasteiger partial charge in [-0.25, -0.2) is 0 Å². The van der Waals surface area contributed by atoms with Crippen molar-refractivity contribution in [3.63, 3.8) is 0 Å². The summed E-state index contributed by atoms with van der Waals surface area (Å²) in [6.07, 6.45) is 0.0231. The number of ether oxygens (including phenoxy) is 1. The van der Waals surface area contributed by atoms with E-state index in [1.165, 1.54) is 11.3 Å². The van der Waals surface area contributed by atoms with Gasteiger partial charge in [0.05, 0.1) is 11.8 Å². The Bertz CT molecular complexity index is 972. The Hall–Kier alpha value is -2.42. The van der Waals surface area contributed by atoms with Gasteiger partial charge in [0, 0.05) is 32.1 Å². The average Bonchev–Trinajstić information content (AvgIpc) is 3.36. The summed E-state index contributed by atoms with van der Waals surface area (Å²) in [4.78, 5) is 2.09. The Labute approximate surface area is 175 Å². The standard InChI is InChI=1S/C21H26N6OS/c1-14-5-10-19(15(2)11-14)27-21(23-24-25-27)29-13-18-12-22-20(28-18)16-6-8-17(9-7-16)26(3)4/h5-11,18,20,22H,12-13H2,1-4H3/t18-,20-/m0/s1. The van der Waals surface area contributed by atoms with E-state index in [1.54, 1.807) is 16.4 Å². The quantitative estimate of drug-likeness (QED) is 0.626. The molecule has 1 fully saturated rings. The molecular weight excluding hydrogens is 384 g/mol. The topological polar surface area (TPSA) is 68.1 Å². The summed E-state index contributed by atoms with van der Waals surface area (Å²) in [5, 5.41) is 16.5. The lowest BCUT2D eigenvalue weighted by atomic mass is 10.1. The van der Waals surface area contributed by atoms with E-state index >= 15 is 0 Å². The number of aryl methyl sites for hydroxylation is 2. The number of benzene rings is 2. The summed E-state index contributed by atoms with van der Waals surface area (Å²) in [5.41, 5.74) is 5.70. The second-order valence-corrected chi connectivity index (χ2v) is 8.49. The zero-order chi connectivity index (χ0) is 20.4. The molecule has 2 aromatic carbocycles. The lowest BCUT2D eigenvalue weighted by Gasteiger charge is -2.16. The van der Waals surface area contributed by atoms with Gasteiger partial charge in [-0.3, -0.25) is 5.32 Å². The molecule has 1 saturated heterocycles. The summed E-state index contributed by atoms with van der Waals surface area (Å²) < 4.78 is 8.01. The van der Waals surface area contributed by atoms with Gasteiger partial charge in [-0.2, -0.15) is 4.68 Å². The Morgan fingerprint density at radius 1 is 1.17 bits per heavy atom. The van der Waals surface area contributed by atoms with Crippen molar-refractivity contribution in [1.82, 2.24) is 25.5 Å². The van der Waals surface area contributed by atoms with Crippen LogP contribution in [0.2, 0.25) is 0 Å². The second kappa shape index (κ2) is 8.52. The maximum Gasteiger partial charge on any atom is 0.214 e. The first-order valence-electron chi connectivity index (χ1n) is 9.66. The third-order valence-corrected chi connectivity index (χ3v) is 6.04. The van der Waals surface area contributed by atoms with Crippen molar-refractivity contribution in [1.29, 1.82) is 0 Å². The highest BCUT2D eigenvalue weighted by molar-refractivity contribution is 7.99. The smallest absolute Gasteiger partial charge is 0.214 e. The first-order valence-corrected chi connectivity index (χ1v) is 10.6. The SMILES string of the molecule is Cc1ccc(-n2nnnc2SC[C@@H]2CN[C@H](c3ccc(N(C)C)cc3)O2)c(C)c1. The molecule has 1 aliphatic rings. The minimum atomic E-state index is -0.0767. The van der Waals surface area contributed by atoms with Gasteiger partial charge in [-0.15, -0.1) is 5.10 Å². The molecule has 152 valence electrons. The lowest BCUT2D eigenvalue weighted by molar-refractivity contribution is 0.0534. The Morgan fingerprint density at radius 3 is 2.69 bits per heavy atom. The van der Waals surface area contributed by atoms with E-state index in [0.717, 1.165) is 34.3 Å². The van der Waals surface area contributed by atoms with Crippen LogP contribution in [0.25, 0.3) is 5.69 Å². The van der Waals surface area contributed by atoms with Gasteiger partial charge in [0.1, 0.15) is 6.23 Å². The van der Waals surface area contributed by atoms with Crippen LogP contribution in [0.3, 0.4) is 0 Å². The third-order valence-electron chi connectivity index (χ3n) is 4.99. The number of rotatable bonds is 6. The van der Waals surface area contributed by atoms with Gasteiger partial charge in [0.25, 0.3) is 0 Å². The predicted octanol–water partition coefficient (Wildman–Crippen LogP) is 3.12. The molecule has 8 heteroatoms. The third kappa shape index (κ3) is 4.44. The Balaban J connectivity index is 1.38. The van der Waals surface area contributed by atoms with Crippen molar-refractivity contribution < 1.29 is 4.74 Å². The summed E-state index contributed by atoms with van der Waals surface area (Å²) >= 11 is 1.62. The predicted molar refractivity (Wildman–Crippen MR) is 116 cm³/mol. The number of nitrogens with one attached hydrogen (secondary N) is 1. The average molecular weight is 411 g/mol. The number of hydrogen-bond donors (Lipinski definition) is 1. The molecule has 1 aromatic heterocycles. The van der Waals surface area contributed by atoms with Crippen molar-refractivity contribution in [3.05, 3.63) is 59.2 Å². The van der Waals surface area contributed by atoms with E-state index in [2.05, 4.69) is 82.1 Å². The zero-order valence-electron chi connectivity index (χ0n) is 17.2. The molecule has 3 aromatic rings. The molecule has 0 aliphatic carbocycles. The Morgan fingerprint density at radius 2 is 1.97 bits per heavy atom. The van der Waals surface area contributed by atoms with E-state index in [-0.39, 0.29) is 12.3 Å². The second-order valence-electron chi connectivity index (χ2n) is 7.51. The molecule has 7 nitrogen and oxygen atoms in total. The molecule has 2 atom stereocenters. The van der Waals surface area contributed by atoms with Crippen LogP contribution in [-0.4, -0.2) is 52.7 Å². The van der Waals surface area contributed by atoms with Gasteiger partial charge in [0.15, 0.2) is 0 Å². The zero-order valence-corrected chi connectivity index (χ0v) is 18.0. The van der Waals surface area contributed by atoms with Crippen LogP contribution >= 0.6 is 11.8 Å². The summed E-state index contributed by atoms with van der Waals surface area (Å²) in [7, 11) is 4.08. The number of hydrogen-bond acceptors (Lipinski definition) is 7.